The number of ether oxygens (including phenoxy) is 1. The van der Waals surface area contributed by atoms with Crippen LogP contribution < -0.4 is 4.74 Å². The quantitative estimate of drug-likeness (QED) is 0.252. The third-order valence-corrected chi connectivity index (χ3v) is 6.31. The number of nitrogens with zero attached hydrogens (tertiary/aromatic N) is 1. The van der Waals surface area contributed by atoms with Gasteiger partial charge in [-0.15, -0.1) is 0 Å². The van der Waals surface area contributed by atoms with E-state index < -0.39 is 0 Å². The Morgan fingerprint density at radius 1 is 0.882 bits per heavy atom. The lowest BCUT2D eigenvalue weighted by Crippen LogP contribution is -2.05. The van der Waals surface area contributed by atoms with Crippen molar-refractivity contribution in [2.75, 3.05) is 0 Å². The molecule has 1 unspecified atom stereocenters. The van der Waals surface area contributed by atoms with Gasteiger partial charge >= 0.3 is 0 Å². The highest BCUT2D eigenvalue weighted by Gasteiger charge is 2.15. The van der Waals surface area contributed by atoms with Crippen molar-refractivity contribution in [1.82, 2.24) is 4.98 Å². The Kier molecular flexibility index (Phi) is 4.88. The topological polar surface area (TPSA) is 35.3 Å². The second kappa shape index (κ2) is 8.20. The minimum atomic E-state index is -0.257. The van der Waals surface area contributed by atoms with Crippen LogP contribution in [0.4, 0.5) is 0 Å². The van der Waals surface area contributed by atoms with E-state index in [1.165, 1.54) is 0 Å². The molecule has 34 heavy (non-hydrogen) atoms. The standard InChI is InChI=1S/C31H23NO2/c1-3-28(23-13-15-27-22(19-23)8-7-17-32-27)33-29-16-14-21(18-20(29)2)24-10-6-11-26-25-9-4-5-12-30(25)34-31(24)26/h3-19,28H,1H2,2H3. The third kappa shape index (κ3) is 3.43. The Morgan fingerprint density at radius 3 is 2.65 bits per heavy atom. The lowest BCUT2D eigenvalue weighted by Gasteiger charge is -2.18. The summed E-state index contributed by atoms with van der Waals surface area (Å²) in [5, 5.41) is 3.35. The average Bonchev–Trinajstić information content (AvgIpc) is 3.27. The van der Waals surface area contributed by atoms with Gasteiger partial charge in [0, 0.05) is 27.9 Å². The van der Waals surface area contributed by atoms with E-state index in [1.807, 2.05) is 48.5 Å². The number of fused-ring (bicyclic) bond motifs is 4. The molecule has 0 fully saturated rings. The van der Waals surface area contributed by atoms with Gasteiger partial charge in [-0.25, -0.2) is 0 Å². The second-order valence-electron chi connectivity index (χ2n) is 8.49. The van der Waals surface area contributed by atoms with E-state index in [0.29, 0.717) is 0 Å². The summed E-state index contributed by atoms with van der Waals surface area (Å²) >= 11 is 0. The number of rotatable bonds is 5. The smallest absolute Gasteiger partial charge is 0.143 e. The van der Waals surface area contributed by atoms with Crippen LogP contribution in [0.5, 0.6) is 5.75 Å². The summed E-state index contributed by atoms with van der Waals surface area (Å²) < 4.78 is 12.6. The third-order valence-electron chi connectivity index (χ3n) is 6.31. The first-order valence-electron chi connectivity index (χ1n) is 11.4. The van der Waals surface area contributed by atoms with E-state index in [-0.39, 0.29) is 6.10 Å². The molecule has 0 bridgehead atoms. The van der Waals surface area contributed by atoms with Crippen molar-refractivity contribution in [1.29, 1.82) is 0 Å². The number of para-hydroxylation sites is 2. The van der Waals surface area contributed by atoms with Crippen molar-refractivity contribution < 1.29 is 9.15 Å². The maximum atomic E-state index is 6.39. The van der Waals surface area contributed by atoms with Crippen LogP contribution in [0.25, 0.3) is 44.0 Å². The highest BCUT2D eigenvalue weighted by molar-refractivity contribution is 6.09. The molecule has 1 atom stereocenters. The Balaban J connectivity index is 1.35. The number of aromatic nitrogens is 1. The van der Waals surface area contributed by atoms with Gasteiger partial charge in [0.05, 0.1) is 5.52 Å². The first-order valence-corrected chi connectivity index (χ1v) is 11.4. The lowest BCUT2D eigenvalue weighted by molar-refractivity contribution is 0.254. The number of hydrogen-bond acceptors (Lipinski definition) is 3. The molecule has 0 amide bonds. The predicted octanol–water partition coefficient (Wildman–Crippen LogP) is 8.42. The monoisotopic (exact) mass is 441 g/mol. The van der Waals surface area contributed by atoms with Crippen molar-refractivity contribution >= 4 is 32.8 Å². The van der Waals surface area contributed by atoms with Crippen molar-refractivity contribution in [3.8, 4) is 16.9 Å². The SMILES string of the molecule is C=CC(Oc1ccc(-c2cccc3c2oc2ccccc23)cc1C)c1ccc2ncccc2c1. The van der Waals surface area contributed by atoms with Crippen molar-refractivity contribution in [2.24, 2.45) is 0 Å². The summed E-state index contributed by atoms with van der Waals surface area (Å²) in [5.74, 6) is 0.830. The molecule has 0 spiro atoms. The molecule has 0 saturated carbocycles. The molecule has 0 aliphatic rings. The summed E-state index contributed by atoms with van der Waals surface area (Å²) in [7, 11) is 0. The molecule has 6 rings (SSSR count). The molecule has 6 aromatic rings. The molecule has 0 N–H and O–H groups in total. The summed E-state index contributed by atoms with van der Waals surface area (Å²) in [4.78, 5) is 4.41. The van der Waals surface area contributed by atoms with Crippen molar-refractivity contribution in [2.45, 2.75) is 13.0 Å². The molecule has 0 radical (unpaired) electrons. The Hall–Kier alpha value is -4.37. The second-order valence-corrected chi connectivity index (χ2v) is 8.49. The summed E-state index contributed by atoms with van der Waals surface area (Å²) in [6.45, 7) is 6.08. The minimum Gasteiger partial charge on any atom is -0.481 e. The zero-order valence-corrected chi connectivity index (χ0v) is 18.9. The van der Waals surface area contributed by atoms with Crippen LogP contribution in [0.1, 0.15) is 17.2 Å². The molecule has 0 saturated heterocycles. The molecule has 2 heterocycles. The Morgan fingerprint density at radius 2 is 1.76 bits per heavy atom. The van der Waals surface area contributed by atoms with Crippen LogP contribution in [0.15, 0.2) is 114 Å². The molecule has 0 aliphatic heterocycles. The predicted molar refractivity (Wildman–Crippen MR) is 139 cm³/mol. The zero-order chi connectivity index (χ0) is 23.1. The van der Waals surface area contributed by atoms with Crippen molar-refractivity contribution in [3.05, 3.63) is 121 Å². The van der Waals surface area contributed by atoms with Gasteiger partial charge in [0.2, 0.25) is 0 Å². The molecule has 3 nitrogen and oxygen atoms in total. The minimum absolute atomic E-state index is 0.257. The number of pyridine rings is 1. The van der Waals surface area contributed by atoms with Gasteiger partial charge in [0.1, 0.15) is 23.0 Å². The zero-order valence-electron chi connectivity index (χ0n) is 18.9. The van der Waals surface area contributed by atoms with Gasteiger partial charge in [-0.1, -0.05) is 61.2 Å². The van der Waals surface area contributed by atoms with Crippen LogP contribution in [0.3, 0.4) is 0 Å². The van der Waals surface area contributed by atoms with Gasteiger partial charge < -0.3 is 9.15 Å². The Bertz CT molecular complexity index is 1680. The van der Waals surface area contributed by atoms with E-state index in [4.69, 9.17) is 9.15 Å². The van der Waals surface area contributed by atoms with Gasteiger partial charge in [0.15, 0.2) is 0 Å². The largest absolute Gasteiger partial charge is 0.481 e. The molecule has 4 aromatic carbocycles. The average molecular weight is 442 g/mol. The normalized spacial score (nSPS) is 12.3. The number of hydrogen-bond donors (Lipinski definition) is 0. The number of furan rings is 1. The maximum absolute atomic E-state index is 6.39. The molecule has 0 aliphatic carbocycles. The van der Waals surface area contributed by atoms with Crippen LogP contribution in [-0.4, -0.2) is 4.98 Å². The molecular formula is C31H23NO2. The Labute approximate surface area is 197 Å². The van der Waals surface area contributed by atoms with Crippen LogP contribution in [0.2, 0.25) is 0 Å². The van der Waals surface area contributed by atoms with Crippen LogP contribution in [0, 0.1) is 6.92 Å². The summed E-state index contributed by atoms with van der Waals surface area (Å²) in [5.41, 5.74) is 7.05. The highest BCUT2D eigenvalue weighted by Crippen LogP contribution is 2.37. The molecule has 3 heteroatoms. The first-order chi connectivity index (χ1) is 16.7. The fourth-order valence-electron chi connectivity index (χ4n) is 4.58. The molecule has 2 aromatic heterocycles. The van der Waals surface area contributed by atoms with E-state index in [1.54, 1.807) is 6.20 Å². The summed E-state index contributed by atoms with van der Waals surface area (Å²) in [6, 6.07) is 30.9. The lowest BCUT2D eigenvalue weighted by atomic mass is 10.00. The van der Waals surface area contributed by atoms with Gasteiger partial charge in [-0.3, -0.25) is 4.98 Å². The van der Waals surface area contributed by atoms with Crippen molar-refractivity contribution in [3.63, 3.8) is 0 Å². The summed E-state index contributed by atoms with van der Waals surface area (Å²) in [6.07, 6.45) is 3.38. The van der Waals surface area contributed by atoms with Gasteiger partial charge in [-0.05, 0) is 66.1 Å². The molecule has 164 valence electrons. The van der Waals surface area contributed by atoms with Crippen LogP contribution in [-0.2, 0) is 0 Å². The fourth-order valence-corrected chi connectivity index (χ4v) is 4.58. The maximum Gasteiger partial charge on any atom is 0.143 e. The van der Waals surface area contributed by atoms with E-state index in [9.17, 15) is 0 Å². The number of aryl methyl sites for hydroxylation is 1. The van der Waals surface area contributed by atoms with Crippen LogP contribution >= 0.6 is 0 Å². The highest BCUT2D eigenvalue weighted by atomic mass is 16.5. The first kappa shape index (κ1) is 20.3. The number of benzene rings is 4. The fraction of sp³-hybridized carbons (Fsp3) is 0.0645. The van der Waals surface area contributed by atoms with E-state index >= 15 is 0 Å². The van der Waals surface area contributed by atoms with Gasteiger partial charge in [-0.2, -0.15) is 0 Å². The van der Waals surface area contributed by atoms with E-state index in [0.717, 1.165) is 60.8 Å². The van der Waals surface area contributed by atoms with Gasteiger partial charge in [0.25, 0.3) is 0 Å². The van der Waals surface area contributed by atoms with E-state index in [2.05, 4.69) is 67.0 Å². The molecular weight excluding hydrogens is 418 g/mol.